The van der Waals surface area contributed by atoms with Gasteiger partial charge in [0.15, 0.2) is 0 Å². The van der Waals surface area contributed by atoms with Crippen molar-refractivity contribution >= 4 is 34.8 Å². The molecular formula is C14H12Cl3N. The van der Waals surface area contributed by atoms with E-state index in [2.05, 4.69) is 0 Å². The summed E-state index contributed by atoms with van der Waals surface area (Å²) in [7, 11) is 0. The standard InChI is InChI=1S/C14H12Cl3N/c15-10-2-4-14(17)12(8-10)11-7-9(5-6-18)1-3-13(11)16/h1-4,7-8H,5-6,18H2. The quantitative estimate of drug-likeness (QED) is 0.864. The molecule has 18 heavy (non-hydrogen) atoms. The van der Waals surface area contributed by atoms with Gasteiger partial charge in [0.05, 0.1) is 0 Å². The largest absolute Gasteiger partial charge is 0.330 e. The summed E-state index contributed by atoms with van der Waals surface area (Å²) in [6.45, 7) is 0.602. The zero-order chi connectivity index (χ0) is 13.1. The van der Waals surface area contributed by atoms with Crippen LogP contribution < -0.4 is 5.73 Å². The van der Waals surface area contributed by atoms with Gasteiger partial charge in [0.25, 0.3) is 0 Å². The van der Waals surface area contributed by atoms with Crippen molar-refractivity contribution in [2.45, 2.75) is 6.42 Å². The van der Waals surface area contributed by atoms with E-state index in [-0.39, 0.29) is 0 Å². The van der Waals surface area contributed by atoms with Crippen LogP contribution in [0.5, 0.6) is 0 Å². The molecule has 0 saturated carbocycles. The van der Waals surface area contributed by atoms with E-state index in [1.54, 1.807) is 12.1 Å². The molecule has 1 nitrogen and oxygen atoms in total. The molecule has 2 rings (SSSR count). The SMILES string of the molecule is NCCc1ccc(Cl)c(-c2cc(Cl)ccc2Cl)c1. The van der Waals surface area contributed by atoms with Crippen molar-refractivity contribution < 1.29 is 0 Å². The molecule has 94 valence electrons. The maximum atomic E-state index is 6.22. The Morgan fingerprint density at radius 1 is 0.833 bits per heavy atom. The fourth-order valence-electron chi connectivity index (χ4n) is 1.80. The Bertz CT molecular complexity index is 567. The van der Waals surface area contributed by atoms with E-state index in [1.807, 2.05) is 24.3 Å². The lowest BCUT2D eigenvalue weighted by atomic mass is 10.0. The minimum absolute atomic E-state index is 0.602. The highest BCUT2D eigenvalue weighted by Crippen LogP contribution is 2.35. The van der Waals surface area contributed by atoms with E-state index in [9.17, 15) is 0 Å². The van der Waals surface area contributed by atoms with Gasteiger partial charge >= 0.3 is 0 Å². The predicted octanol–water partition coefficient (Wildman–Crippen LogP) is 4.82. The van der Waals surface area contributed by atoms with Gasteiger partial charge in [0, 0.05) is 26.2 Å². The molecule has 0 aliphatic carbocycles. The van der Waals surface area contributed by atoms with Crippen LogP contribution in [0.3, 0.4) is 0 Å². The van der Waals surface area contributed by atoms with E-state index in [0.29, 0.717) is 21.6 Å². The molecule has 0 spiro atoms. The van der Waals surface area contributed by atoms with Crippen LogP contribution in [0.1, 0.15) is 5.56 Å². The monoisotopic (exact) mass is 299 g/mol. The van der Waals surface area contributed by atoms with Gasteiger partial charge in [-0.1, -0.05) is 40.9 Å². The lowest BCUT2D eigenvalue weighted by molar-refractivity contribution is 0.969. The summed E-state index contributed by atoms with van der Waals surface area (Å²) >= 11 is 18.4. The van der Waals surface area contributed by atoms with E-state index in [1.165, 1.54) is 0 Å². The van der Waals surface area contributed by atoms with Crippen molar-refractivity contribution in [3.8, 4) is 11.1 Å². The maximum Gasteiger partial charge on any atom is 0.0485 e. The number of rotatable bonds is 3. The zero-order valence-corrected chi connectivity index (χ0v) is 11.9. The van der Waals surface area contributed by atoms with Crippen molar-refractivity contribution in [3.05, 3.63) is 57.0 Å². The average Bonchev–Trinajstić information content (AvgIpc) is 2.35. The fourth-order valence-corrected chi connectivity index (χ4v) is 2.42. The second-order valence-electron chi connectivity index (χ2n) is 3.98. The normalized spacial score (nSPS) is 10.7. The Balaban J connectivity index is 2.55. The molecule has 2 aromatic carbocycles. The lowest BCUT2D eigenvalue weighted by Gasteiger charge is -2.09. The molecule has 0 aliphatic heterocycles. The number of benzene rings is 2. The molecule has 0 aliphatic rings. The summed E-state index contributed by atoms with van der Waals surface area (Å²) in [6.07, 6.45) is 0.808. The van der Waals surface area contributed by atoms with Crippen LogP contribution >= 0.6 is 34.8 Å². The first kappa shape index (κ1) is 13.7. The Hall–Kier alpha value is -0.730. The summed E-state index contributed by atoms with van der Waals surface area (Å²) in [5.41, 5.74) is 8.42. The second-order valence-corrected chi connectivity index (χ2v) is 5.23. The smallest absolute Gasteiger partial charge is 0.0485 e. The fraction of sp³-hybridized carbons (Fsp3) is 0.143. The molecule has 2 aromatic rings. The molecule has 2 N–H and O–H groups in total. The summed E-state index contributed by atoms with van der Waals surface area (Å²) in [4.78, 5) is 0. The van der Waals surface area contributed by atoms with E-state index >= 15 is 0 Å². The predicted molar refractivity (Wildman–Crippen MR) is 79.7 cm³/mol. The Kier molecular flexibility index (Phi) is 4.52. The van der Waals surface area contributed by atoms with Gasteiger partial charge in [0.2, 0.25) is 0 Å². The molecule has 0 amide bonds. The first-order valence-electron chi connectivity index (χ1n) is 5.55. The average molecular weight is 301 g/mol. The molecule has 0 radical (unpaired) electrons. The van der Waals surface area contributed by atoms with E-state index in [4.69, 9.17) is 40.5 Å². The van der Waals surface area contributed by atoms with Crippen LogP contribution in [0, 0.1) is 0 Å². The van der Waals surface area contributed by atoms with E-state index in [0.717, 1.165) is 23.1 Å². The van der Waals surface area contributed by atoms with Gasteiger partial charge < -0.3 is 5.73 Å². The molecule has 0 saturated heterocycles. The highest BCUT2D eigenvalue weighted by atomic mass is 35.5. The van der Waals surface area contributed by atoms with Crippen molar-refractivity contribution in [2.24, 2.45) is 5.73 Å². The van der Waals surface area contributed by atoms with Crippen molar-refractivity contribution in [1.82, 2.24) is 0 Å². The molecule has 0 unspecified atom stereocenters. The van der Waals surface area contributed by atoms with Gasteiger partial charge in [-0.2, -0.15) is 0 Å². The summed E-state index contributed by atoms with van der Waals surface area (Å²) in [5.74, 6) is 0. The van der Waals surface area contributed by atoms with Gasteiger partial charge in [-0.3, -0.25) is 0 Å². The van der Waals surface area contributed by atoms with Crippen LogP contribution in [0.25, 0.3) is 11.1 Å². The Labute approximate surface area is 121 Å². The van der Waals surface area contributed by atoms with Gasteiger partial charge in [-0.25, -0.2) is 0 Å². The number of hydrogen-bond acceptors (Lipinski definition) is 1. The number of halogens is 3. The third-order valence-corrected chi connectivity index (χ3v) is 3.58. The minimum Gasteiger partial charge on any atom is -0.330 e. The second kappa shape index (κ2) is 5.94. The first-order valence-corrected chi connectivity index (χ1v) is 6.69. The van der Waals surface area contributed by atoms with Crippen molar-refractivity contribution in [3.63, 3.8) is 0 Å². The minimum atomic E-state index is 0.602. The molecule has 0 fully saturated rings. The van der Waals surface area contributed by atoms with Gasteiger partial charge in [-0.05, 0) is 48.9 Å². The molecule has 4 heteroatoms. The Morgan fingerprint density at radius 2 is 1.44 bits per heavy atom. The molecule has 0 heterocycles. The van der Waals surface area contributed by atoms with Crippen LogP contribution in [0.2, 0.25) is 15.1 Å². The molecule has 0 aromatic heterocycles. The highest BCUT2D eigenvalue weighted by molar-refractivity contribution is 6.37. The molecule has 0 atom stereocenters. The summed E-state index contributed by atoms with van der Waals surface area (Å²) in [6, 6.07) is 11.2. The third-order valence-electron chi connectivity index (χ3n) is 2.68. The number of hydrogen-bond donors (Lipinski definition) is 1. The zero-order valence-electron chi connectivity index (χ0n) is 9.59. The van der Waals surface area contributed by atoms with Gasteiger partial charge in [-0.15, -0.1) is 0 Å². The lowest BCUT2D eigenvalue weighted by Crippen LogP contribution is -2.02. The third kappa shape index (κ3) is 2.99. The van der Waals surface area contributed by atoms with Crippen LogP contribution in [0.15, 0.2) is 36.4 Å². The van der Waals surface area contributed by atoms with Gasteiger partial charge in [0.1, 0.15) is 0 Å². The van der Waals surface area contributed by atoms with Crippen molar-refractivity contribution in [2.75, 3.05) is 6.54 Å². The number of nitrogens with two attached hydrogens (primary N) is 1. The molecule has 0 bridgehead atoms. The maximum absolute atomic E-state index is 6.22. The highest BCUT2D eigenvalue weighted by Gasteiger charge is 2.09. The van der Waals surface area contributed by atoms with Crippen LogP contribution in [-0.2, 0) is 6.42 Å². The topological polar surface area (TPSA) is 26.0 Å². The first-order chi connectivity index (χ1) is 8.61. The summed E-state index contributed by atoms with van der Waals surface area (Å²) < 4.78 is 0. The van der Waals surface area contributed by atoms with Crippen LogP contribution in [0.4, 0.5) is 0 Å². The summed E-state index contributed by atoms with van der Waals surface area (Å²) in [5, 5.41) is 1.92. The molecular weight excluding hydrogens is 289 g/mol. The van der Waals surface area contributed by atoms with E-state index < -0.39 is 0 Å². The Morgan fingerprint density at radius 3 is 2.11 bits per heavy atom. The van der Waals surface area contributed by atoms with Crippen LogP contribution in [-0.4, -0.2) is 6.54 Å². The van der Waals surface area contributed by atoms with Crippen molar-refractivity contribution in [1.29, 1.82) is 0 Å².